The summed E-state index contributed by atoms with van der Waals surface area (Å²) in [6.45, 7) is 0.850. The smallest absolute Gasteiger partial charge is 0.273 e. The van der Waals surface area contributed by atoms with Crippen molar-refractivity contribution >= 4 is 29.4 Å². The summed E-state index contributed by atoms with van der Waals surface area (Å²) in [5, 5.41) is 6.55. The fraction of sp³-hybridized carbons (Fsp3) is 0.333. The zero-order valence-electron chi connectivity index (χ0n) is 12.5. The van der Waals surface area contributed by atoms with Crippen LogP contribution in [-0.4, -0.2) is 35.9 Å². The molecule has 0 unspecified atom stereocenters. The number of nitrogens with one attached hydrogen (secondary N) is 1. The van der Waals surface area contributed by atoms with Gasteiger partial charge in [-0.15, -0.1) is 11.8 Å². The number of hydrogen-bond acceptors (Lipinski definition) is 6. The monoisotopic (exact) mass is 338 g/mol. The number of nitrogens with zero attached hydrogens (tertiary/aromatic N) is 1. The average Bonchev–Trinajstić information content (AvgIpc) is 3.02. The molecule has 0 aliphatic rings. The Bertz CT molecular complexity index is 616. The number of rotatable bonds is 8. The molecule has 0 fully saturated rings. The molecule has 22 heavy (non-hydrogen) atoms. The highest BCUT2D eigenvalue weighted by molar-refractivity contribution is 7.98. The van der Waals surface area contributed by atoms with Crippen LogP contribution in [0.5, 0.6) is 5.75 Å². The first-order valence-electron chi connectivity index (χ1n) is 6.73. The number of thioether (sulfide) groups is 2. The van der Waals surface area contributed by atoms with Gasteiger partial charge in [0.1, 0.15) is 12.4 Å². The summed E-state index contributed by atoms with van der Waals surface area (Å²) < 4.78 is 10.9. The Morgan fingerprint density at radius 3 is 2.95 bits per heavy atom. The van der Waals surface area contributed by atoms with E-state index in [-0.39, 0.29) is 18.2 Å². The summed E-state index contributed by atoms with van der Waals surface area (Å²) in [5.74, 6) is 1.95. The molecule has 5 nitrogen and oxygen atoms in total. The van der Waals surface area contributed by atoms with Gasteiger partial charge in [-0.05, 0) is 24.6 Å². The Morgan fingerprint density at radius 2 is 2.18 bits per heavy atom. The summed E-state index contributed by atoms with van der Waals surface area (Å²) in [5.41, 5.74) is 0.276. The number of aromatic nitrogens is 1. The molecule has 0 aliphatic heterocycles. The first-order valence-corrected chi connectivity index (χ1v) is 9.35. The summed E-state index contributed by atoms with van der Waals surface area (Å²) in [6.07, 6.45) is 3.98. The lowest BCUT2D eigenvalue weighted by Gasteiger charge is -2.07. The Morgan fingerprint density at radius 1 is 1.36 bits per heavy atom. The predicted octanol–water partition coefficient (Wildman–Crippen LogP) is 3.07. The minimum atomic E-state index is -0.228. The van der Waals surface area contributed by atoms with E-state index >= 15 is 0 Å². The molecule has 1 heterocycles. The molecular weight excluding hydrogens is 320 g/mol. The van der Waals surface area contributed by atoms with Crippen molar-refractivity contribution in [1.82, 2.24) is 10.5 Å². The van der Waals surface area contributed by atoms with E-state index in [0.29, 0.717) is 12.3 Å². The van der Waals surface area contributed by atoms with E-state index in [0.717, 1.165) is 16.4 Å². The third kappa shape index (κ3) is 4.71. The van der Waals surface area contributed by atoms with E-state index in [2.05, 4.69) is 10.5 Å². The van der Waals surface area contributed by atoms with E-state index in [1.807, 2.05) is 36.8 Å². The van der Waals surface area contributed by atoms with Crippen molar-refractivity contribution in [2.45, 2.75) is 11.5 Å². The van der Waals surface area contributed by atoms with Crippen LogP contribution in [0.15, 0.2) is 39.8 Å². The lowest BCUT2D eigenvalue weighted by atomic mass is 10.3. The Labute approximate surface area is 138 Å². The van der Waals surface area contributed by atoms with E-state index < -0.39 is 0 Å². The van der Waals surface area contributed by atoms with Crippen LogP contribution < -0.4 is 10.1 Å². The molecule has 2 rings (SSSR count). The standard InChI is InChI=1S/C15H18N2O3S2/c1-21-8-7-16-15(18)12-9-11(20-17-12)10-19-13-5-3-4-6-14(13)22-2/h3-6,9H,7-8,10H2,1-2H3,(H,16,18). The maximum absolute atomic E-state index is 11.8. The number of amides is 1. The van der Waals surface area contributed by atoms with Gasteiger partial charge < -0.3 is 14.6 Å². The molecule has 7 heteroatoms. The van der Waals surface area contributed by atoms with Crippen molar-refractivity contribution in [1.29, 1.82) is 0 Å². The molecule has 1 aromatic carbocycles. The Kier molecular flexibility index (Phi) is 6.67. The second kappa shape index (κ2) is 8.75. The molecular formula is C15H18N2O3S2. The van der Waals surface area contributed by atoms with E-state index in [4.69, 9.17) is 9.26 Å². The van der Waals surface area contributed by atoms with Crippen molar-refractivity contribution in [3.8, 4) is 5.75 Å². The van der Waals surface area contributed by atoms with Crippen LogP contribution in [0, 0.1) is 0 Å². The number of carbonyl (C=O) groups excluding carboxylic acids is 1. The van der Waals surface area contributed by atoms with Gasteiger partial charge in [-0.3, -0.25) is 4.79 Å². The van der Waals surface area contributed by atoms with Crippen molar-refractivity contribution in [3.63, 3.8) is 0 Å². The molecule has 118 valence electrons. The van der Waals surface area contributed by atoms with Crippen LogP contribution in [-0.2, 0) is 6.61 Å². The molecule has 1 N–H and O–H groups in total. The maximum atomic E-state index is 11.8. The van der Waals surface area contributed by atoms with E-state index in [1.54, 1.807) is 29.6 Å². The lowest BCUT2D eigenvalue weighted by molar-refractivity contribution is 0.0947. The molecule has 2 aromatic rings. The molecule has 0 aliphatic carbocycles. The molecule has 0 spiro atoms. The minimum Gasteiger partial charge on any atom is -0.484 e. The largest absolute Gasteiger partial charge is 0.484 e. The predicted molar refractivity (Wildman–Crippen MR) is 89.8 cm³/mol. The quantitative estimate of drug-likeness (QED) is 0.589. The Balaban J connectivity index is 1.90. The molecule has 1 amide bonds. The molecule has 0 bridgehead atoms. The number of carbonyl (C=O) groups is 1. The third-order valence-electron chi connectivity index (χ3n) is 2.82. The van der Waals surface area contributed by atoms with Gasteiger partial charge in [-0.1, -0.05) is 17.3 Å². The van der Waals surface area contributed by atoms with Gasteiger partial charge in [0.15, 0.2) is 11.5 Å². The lowest BCUT2D eigenvalue weighted by Crippen LogP contribution is -2.25. The number of benzene rings is 1. The van der Waals surface area contributed by atoms with Crippen molar-refractivity contribution in [3.05, 3.63) is 41.8 Å². The van der Waals surface area contributed by atoms with Gasteiger partial charge in [0.2, 0.25) is 0 Å². The van der Waals surface area contributed by atoms with Crippen LogP contribution in [0.2, 0.25) is 0 Å². The SMILES string of the molecule is CSCCNC(=O)c1cc(COc2ccccc2SC)on1. The zero-order chi connectivity index (χ0) is 15.8. The van der Waals surface area contributed by atoms with Gasteiger partial charge in [0.25, 0.3) is 5.91 Å². The third-order valence-corrected chi connectivity index (χ3v) is 4.21. The maximum Gasteiger partial charge on any atom is 0.273 e. The van der Waals surface area contributed by atoms with Crippen LogP contribution in [0.3, 0.4) is 0 Å². The fourth-order valence-electron chi connectivity index (χ4n) is 1.73. The highest BCUT2D eigenvalue weighted by Crippen LogP contribution is 2.27. The van der Waals surface area contributed by atoms with E-state index in [1.165, 1.54) is 0 Å². The minimum absolute atomic E-state index is 0.228. The van der Waals surface area contributed by atoms with E-state index in [9.17, 15) is 4.79 Å². The second-order valence-corrected chi connectivity index (χ2v) is 6.20. The van der Waals surface area contributed by atoms with Gasteiger partial charge in [0, 0.05) is 23.3 Å². The average molecular weight is 338 g/mol. The summed E-state index contributed by atoms with van der Waals surface area (Å²) in [4.78, 5) is 12.9. The van der Waals surface area contributed by atoms with Gasteiger partial charge in [-0.2, -0.15) is 11.8 Å². The Hall–Kier alpha value is -1.60. The number of hydrogen-bond donors (Lipinski definition) is 1. The highest BCUT2D eigenvalue weighted by Gasteiger charge is 2.12. The first-order chi connectivity index (χ1) is 10.7. The van der Waals surface area contributed by atoms with Crippen molar-refractivity contribution in [2.75, 3.05) is 24.8 Å². The van der Waals surface area contributed by atoms with Crippen LogP contribution >= 0.6 is 23.5 Å². The molecule has 1 aromatic heterocycles. The zero-order valence-corrected chi connectivity index (χ0v) is 14.1. The van der Waals surface area contributed by atoms with Gasteiger partial charge >= 0.3 is 0 Å². The summed E-state index contributed by atoms with van der Waals surface area (Å²) >= 11 is 3.29. The molecule has 0 atom stereocenters. The van der Waals surface area contributed by atoms with Crippen molar-refractivity contribution < 1.29 is 14.1 Å². The van der Waals surface area contributed by atoms with Gasteiger partial charge in [-0.25, -0.2) is 0 Å². The van der Waals surface area contributed by atoms with Gasteiger partial charge in [0.05, 0.1) is 0 Å². The van der Waals surface area contributed by atoms with Crippen LogP contribution in [0.4, 0.5) is 0 Å². The number of para-hydroxylation sites is 1. The molecule has 0 saturated heterocycles. The summed E-state index contributed by atoms with van der Waals surface area (Å²) in [7, 11) is 0. The normalized spacial score (nSPS) is 10.5. The first kappa shape index (κ1) is 16.8. The van der Waals surface area contributed by atoms with Crippen LogP contribution in [0.25, 0.3) is 0 Å². The number of ether oxygens (including phenoxy) is 1. The fourth-order valence-corrected chi connectivity index (χ4v) is 2.58. The second-order valence-electron chi connectivity index (χ2n) is 4.37. The molecule has 0 saturated carbocycles. The summed E-state index contributed by atoms with van der Waals surface area (Å²) in [6, 6.07) is 9.38. The van der Waals surface area contributed by atoms with Crippen LogP contribution in [0.1, 0.15) is 16.2 Å². The molecule has 0 radical (unpaired) electrons. The highest BCUT2D eigenvalue weighted by atomic mass is 32.2. The van der Waals surface area contributed by atoms with Crippen molar-refractivity contribution in [2.24, 2.45) is 0 Å². The topological polar surface area (TPSA) is 64.4 Å².